The molecular formula is C13H26N2O2S. The summed E-state index contributed by atoms with van der Waals surface area (Å²) in [5.74, 6) is 2.52. The van der Waals surface area contributed by atoms with Crippen LogP contribution in [0.15, 0.2) is 0 Å². The highest BCUT2D eigenvalue weighted by Gasteiger charge is 2.41. The third kappa shape index (κ3) is 4.86. The summed E-state index contributed by atoms with van der Waals surface area (Å²) < 4.78 is 26.5. The van der Waals surface area contributed by atoms with Crippen LogP contribution < -0.4 is 10.0 Å². The Kier molecular flexibility index (Phi) is 5.04. The largest absolute Gasteiger partial charge is 0.320 e. The molecule has 0 aromatic rings. The van der Waals surface area contributed by atoms with Crippen LogP contribution in [0.5, 0.6) is 0 Å². The Morgan fingerprint density at radius 1 is 1.11 bits per heavy atom. The average molecular weight is 274 g/mol. The predicted molar refractivity (Wildman–Crippen MR) is 73.9 cm³/mol. The van der Waals surface area contributed by atoms with Crippen LogP contribution in [-0.2, 0) is 10.0 Å². The van der Waals surface area contributed by atoms with Gasteiger partial charge in [0, 0.05) is 6.54 Å². The van der Waals surface area contributed by atoms with Crippen molar-refractivity contribution in [3.63, 3.8) is 0 Å². The maximum absolute atomic E-state index is 11.9. The second-order valence-electron chi connectivity index (χ2n) is 5.82. The zero-order valence-corrected chi connectivity index (χ0v) is 12.1. The number of nitrogens with one attached hydrogen (secondary N) is 2. The Morgan fingerprint density at radius 2 is 1.72 bits per heavy atom. The van der Waals surface area contributed by atoms with E-state index in [4.69, 9.17) is 0 Å². The summed E-state index contributed by atoms with van der Waals surface area (Å²) in [6.45, 7) is 1.58. The third-order valence-electron chi connectivity index (χ3n) is 4.08. The summed E-state index contributed by atoms with van der Waals surface area (Å²) in [5.41, 5.74) is 0. The number of hydrogen-bond acceptors (Lipinski definition) is 3. The van der Waals surface area contributed by atoms with Crippen LogP contribution in [0.1, 0.15) is 38.5 Å². The molecule has 0 aromatic heterocycles. The maximum Gasteiger partial charge on any atom is 0.211 e. The zero-order chi connectivity index (χ0) is 13.0. The molecule has 2 rings (SSSR count). The van der Waals surface area contributed by atoms with Gasteiger partial charge in [-0.1, -0.05) is 0 Å². The van der Waals surface area contributed by atoms with Gasteiger partial charge in [0.1, 0.15) is 0 Å². The standard InChI is InChI=1S/C13H26N2O2S/c1-14-8-2-3-9-18(16,17)15-10-13(11-4-5-11)12-6-7-12/h11-15H,2-10H2,1H3. The third-order valence-corrected chi connectivity index (χ3v) is 5.52. The molecule has 0 aliphatic heterocycles. The molecule has 106 valence electrons. The second-order valence-corrected chi connectivity index (χ2v) is 7.74. The molecule has 0 atom stereocenters. The van der Waals surface area contributed by atoms with Crippen molar-refractivity contribution in [3.8, 4) is 0 Å². The molecule has 0 heterocycles. The Morgan fingerprint density at radius 3 is 2.22 bits per heavy atom. The van der Waals surface area contributed by atoms with Gasteiger partial charge in [-0.25, -0.2) is 13.1 Å². The van der Waals surface area contributed by atoms with E-state index >= 15 is 0 Å². The Hall–Kier alpha value is -0.130. The van der Waals surface area contributed by atoms with Crippen molar-refractivity contribution < 1.29 is 8.42 Å². The predicted octanol–water partition coefficient (Wildman–Crippen LogP) is 1.34. The summed E-state index contributed by atoms with van der Waals surface area (Å²) >= 11 is 0. The smallest absolute Gasteiger partial charge is 0.211 e. The lowest BCUT2D eigenvalue weighted by Gasteiger charge is -2.16. The van der Waals surface area contributed by atoms with Gasteiger partial charge in [0.25, 0.3) is 0 Å². The number of sulfonamides is 1. The van der Waals surface area contributed by atoms with Crippen LogP contribution in [0.4, 0.5) is 0 Å². The maximum atomic E-state index is 11.9. The van der Waals surface area contributed by atoms with E-state index in [1.54, 1.807) is 0 Å². The molecule has 2 aliphatic carbocycles. The van der Waals surface area contributed by atoms with Crippen molar-refractivity contribution in [2.24, 2.45) is 17.8 Å². The van der Waals surface area contributed by atoms with E-state index < -0.39 is 10.0 Å². The van der Waals surface area contributed by atoms with Crippen LogP contribution in [0.3, 0.4) is 0 Å². The summed E-state index contributed by atoms with van der Waals surface area (Å²) in [6, 6.07) is 0. The van der Waals surface area contributed by atoms with Gasteiger partial charge in [0.2, 0.25) is 10.0 Å². The first-order valence-corrected chi connectivity index (χ1v) is 8.89. The van der Waals surface area contributed by atoms with Gasteiger partial charge < -0.3 is 5.32 Å². The average Bonchev–Trinajstić information content (AvgIpc) is 3.15. The molecule has 18 heavy (non-hydrogen) atoms. The van der Waals surface area contributed by atoms with Crippen molar-refractivity contribution >= 4 is 10.0 Å². The molecule has 5 heteroatoms. The highest BCUT2D eigenvalue weighted by atomic mass is 32.2. The normalized spacial score (nSPS) is 20.6. The molecule has 0 saturated heterocycles. The minimum Gasteiger partial charge on any atom is -0.320 e. The molecule has 0 radical (unpaired) electrons. The van der Waals surface area contributed by atoms with Crippen LogP contribution >= 0.6 is 0 Å². The number of unbranched alkanes of at least 4 members (excludes halogenated alkanes) is 1. The second kappa shape index (κ2) is 6.35. The fourth-order valence-corrected chi connectivity index (χ4v) is 3.83. The molecule has 0 bridgehead atoms. The van der Waals surface area contributed by atoms with Gasteiger partial charge in [-0.05, 0) is 69.9 Å². The van der Waals surface area contributed by atoms with Gasteiger partial charge in [0.15, 0.2) is 0 Å². The van der Waals surface area contributed by atoms with E-state index in [0.717, 1.165) is 31.2 Å². The highest BCUT2D eigenvalue weighted by Crippen LogP contribution is 2.48. The molecular weight excluding hydrogens is 248 g/mol. The van der Waals surface area contributed by atoms with Gasteiger partial charge in [-0.3, -0.25) is 0 Å². The van der Waals surface area contributed by atoms with Gasteiger partial charge in [-0.15, -0.1) is 0 Å². The first-order valence-electron chi connectivity index (χ1n) is 7.24. The lowest BCUT2D eigenvalue weighted by molar-refractivity contribution is 0.401. The summed E-state index contributed by atoms with van der Waals surface area (Å²) in [7, 11) is -1.15. The molecule has 4 nitrogen and oxygen atoms in total. The van der Waals surface area contributed by atoms with E-state index in [1.165, 1.54) is 25.7 Å². The van der Waals surface area contributed by atoms with Gasteiger partial charge in [-0.2, -0.15) is 0 Å². The fraction of sp³-hybridized carbons (Fsp3) is 1.00. The van der Waals surface area contributed by atoms with Crippen LogP contribution in [-0.4, -0.2) is 34.3 Å². The minimum atomic E-state index is -3.05. The van der Waals surface area contributed by atoms with Crippen LogP contribution in [0.25, 0.3) is 0 Å². The van der Waals surface area contributed by atoms with E-state index in [-0.39, 0.29) is 5.75 Å². The van der Waals surface area contributed by atoms with E-state index in [9.17, 15) is 8.42 Å². The van der Waals surface area contributed by atoms with Crippen molar-refractivity contribution in [2.75, 3.05) is 25.9 Å². The zero-order valence-electron chi connectivity index (χ0n) is 11.3. The molecule has 2 fully saturated rings. The minimum absolute atomic E-state index is 0.275. The molecule has 0 spiro atoms. The van der Waals surface area contributed by atoms with E-state index in [0.29, 0.717) is 12.5 Å². The highest BCUT2D eigenvalue weighted by molar-refractivity contribution is 7.89. The van der Waals surface area contributed by atoms with Crippen molar-refractivity contribution in [1.82, 2.24) is 10.0 Å². The number of rotatable bonds is 10. The molecule has 0 unspecified atom stereocenters. The monoisotopic (exact) mass is 274 g/mol. The lowest BCUT2D eigenvalue weighted by atomic mass is 9.99. The first kappa shape index (κ1) is 14.3. The van der Waals surface area contributed by atoms with E-state index in [2.05, 4.69) is 10.0 Å². The Bertz CT molecular complexity index is 336. The number of hydrogen-bond donors (Lipinski definition) is 2. The van der Waals surface area contributed by atoms with Gasteiger partial charge in [0.05, 0.1) is 5.75 Å². The summed E-state index contributed by atoms with van der Waals surface area (Å²) in [5, 5.41) is 3.04. The Balaban J connectivity index is 1.66. The van der Waals surface area contributed by atoms with Crippen LogP contribution in [0, 0.1) is 17.8 Å². The summed E-state index contributed by atoms with van der Waals surface area (Å²) in [6.07, 6.45) is 6.91. The van der Waals surface area contributed by atoms with Crippen molar-refractivity contribution in [2.45, 2.75) is 38.5 Å². The SMILES string of the molecule is CNCCCCS(=O)(=O)NCC(C1CC1)C1CC1. The topological polar surface area (TPSA) is 58.2 Å². The van der Waals surface area contributed by atoms with Crippen molar-refractivity contribution in [1.29, 1.82) is 0 Å². The van der Waals surface area contributed by atoms with Crippen LogP contribution in [0.2, 0.25) is 0 Å². The quantitative estimate of drug-likeness (QED) is 0.591. The molecule has 0 aromatic carbocycles. The fourth-order valence-electron chi connectivity index (χ4n) is 2.66. The molecule has 2 aliphatic rings. The molecule has 2 saturated carbocycles. The van der Waals surface area contributed by atoms with E-state index in [1.807, 2.05) is 7.05 Å². The summed E-state index contributed by atoms with van der Waals surface area (Å²) in [4.78, 5) is 0. The van der Waals surface area contributed by atoms with Gasteiger partial charge >= 0.3 is 0 Å². The first-order chi connectivity index (χ1) is 8.62. The lowest BCUT2D eigenvalue weighted by Crippen LogP contribution is -2.33. The Labute approximate surface area is 111 Å². The molecule has 2 N–H and O–H groups in total. The molecule has 0 amide bonds. The van der Waals surface area contributed by atoms with Crippen molar-refractivity contribution in [3.05, 3.63) is 0 Å².